The summed E-state index contributed by atoms with van der Waals surface area (Å²) in [7, 11) is 0. The molecule has 172 valence electrons. The minimum atomic E-state index is 0.0335. The highest BCUT2D eigenvalue weighted by Crippen LogP contribution is 2.39. The third-order valence-corrected chi connectivity index (χ3v) is 6.76. The molecule has 6 rings (SSSR count). The maximum Gasteiger partial charge on any atom is 0.163 e. The van der Waals surface area contributed by atoms with E-state index in [2.05, 4.69) is 76.3 Å². The first-order chi connectivity index (χ1) is 16.2. The summed E-state index contributed by atoms with van der Waals surface area (Å²) in [5.74, 6) is 2.41. The standard InChI is InChI=1S/C29H29N3O2/c1-16-11-17(2)26(18(3)12-16)28-30-21-13-19(29(4,5)6)7-8-20(21)27-31-22-14-24-25(34-10-9-33-24)15-23(22)32(27)28/h7-8,11-15H,9-10H2,1-6H3. The molecule has 2 aromatic heterocycles. The van der Waals surface area contributed by atoms with E-state index in [1.165, 1.54) is 22.3 Å². The molecule has 5 nitrogen and oxygen atoms in total. The third-order valence-electron chi connectivity index (χ3n) is 6.76. The van der Waals surface area contributed by atoms with E-state index in [1.807, 2.05) is 12.1 Å². The topological polar surface area (TPSA) is 48.7 Å². The molecule has 0 N–H and O–H groups in total. The zero-order valence-corrected chi connectivity index (χ0v) is 20.6. The van der Waals surface area contributed by atoms with Gasteiger partial charge in [-0.05, 0) is 55.0 Å². The molecule has 5 heteroatoms. The van der Waals surface area contributed by atoms with Crippen molar-refractivity contribution in [2.75, 3.05) is 13.2 Å². The summed E-state index contributed by atoms with van der Waals surface area (Å²) in [5, 5.41) is 1.04. The lowest BCUT2D eigenvalue weighted by Crippen LogP contribution is -2.15. The minimum absolute atomic E-state index is 0.0335. The first-order valence-electron chi connectivity index (χ1n) is 11.8. The summed E-state index contributed by atoms with van der Waals surface area (Å²) >= 11 is 0. The predicted octanol–water partition coefficient (Wildman–Crippen LogP) is 6.70. The van der Waals surface area contributed by atoms with E-state index in [4.69, 9.17) is 19.4 Å². The van der Waals surface area contributed by atoms with Crippen LogP contribution < -0.4 is 9.47 Å². The van der Waals surface area contributed by atoms with E-state index < -0.39 is 0 Å². The molecule has 0 fully saturated rings. The normalized spacial score (nSPS) is 13.8. The van der Waals surface area contributed by atoms with Crippen LogP contribution in [0.1, 0.15) is 43.0 Å². The van der Waals surface area contributed by atoms with Crippen LogP contribution in [0.15, 0.2) is 42.5 Å². The molecule has 3 heterocycles. The third kappa shape index (κ3) is 3.14. The number of aromatic nitrogens is 3. The largest absolute Gasteiger partial charge is 0.486 e. The first-order valence-corrected chi connectivity index (χ1v) is 11.8. The van der Waals surface area contributed by atoms with Gasteiger partial charge in [-0.15, -0.1) is 0 Å². The van der Waals surface area contributed by atoms with Crippen LogP contribution in [0.5, 0.6) is 11.5 Å². The average molecular weight is 452 g/mol. The Bertz CT molecular complexity index is 1600. The van der Waals surface area contributed by atoms with E-state index >= 15 is 0 Å². The number of fused-ring (bicyclic) bond motifs is 6. The lowest BCUT2D eigenvalue weighted by atomic mass is 9.86. The molecule has 0 saturated carbocycles. The van der Waals surface area contributed by atoms with Gasteiger partial charge in [0, 0.05) is 23.1 Å². The number of ether oxygens (including phenoxy) is 2. The van der Waals surface area contributed by atoms with Crippen molar-refractivity contribution < 1.29 is 9.47 Å². The Morgan fingerprint density at radius 1 is 0.794 bits per heavy atom. The Hall–Kier alpha value is -3.60. The maximum atomic E-state index is 5.91. The quantitative estimate of drug-likeness (QED) is 0.285. The molecule has 0 saturated heterocycles. The van der Waals surface area contributed by atoms with E-state index in [1.54, 1.807) is 0 Å². The van der Waals surface area contributed by atoms with Gasteiger partial charge in [0.2, 0.25) is 0 Å². The molecule has 1 aliphatic heterocycles. The van der Waals surface area contributed by atoms with Crippen molar-refractivity contribution in [3.8, 4) is 22.9 Å². The molecule has 0 unspecified atom stereocenters. The molecule has 34 heavy (non-hydrogen) atoms. The minimum Gasteiger partial charge on any atom is -0.486 e. The molecule has 0 amide bonds. The average Bonchev–Trinajstić information content (AvgIpc) is 3.14. The van der Waals surface area contributed by atoms with Crippen molar-refractivity contribution >= 4 is 27.6 Å². The van der Waals surface area contributed by atoms with Crippen LogP contribution in [0, 0.1) is 20.8 Å². The van der Waals surface area contributed by atoms with Crippen molar-refractivity contribution in [3.63, 3.8) is 0 Å². The van der Waals surface area contributed by atoms with E-state index in [-0.39, 0.29) is 5.41 Å². The number of hydrogen-bond donors (Lipinski definition) is 0. The summed E-state index contributed by atoms with van der Waals surface area (Å²) in [6.45, 7) is 14.3. The van der Waals surface area contributed by atoms with Crippen molar-refractivity contribution in [3.05, 3.63) is 64.7 Å². The van der Waals surface area contributed by atoms with E-state index in [9.17, 15) is 0 Å². The van der Waals surface area contributed by atoms with Gasteiger partial charge in [-0.1, -0.05) is 44.5 Å². The fourth-order valence-corrected chi connectivity index (χ4v) is 5.15. The lowest BCUT2D eigenvalue weighted by molar-refractivity contribution is 0.172. The Morgan fingerprint density at radius 3 is 2.15 bits per heavy atom. The highest BCUT2D eigenvalue weighted by atomic mass is 16.6. The number of nitrogens with zero attached hydrogens (tertiary/aromatic N) is 3. The van der Waals surface area contributed by atoms with Crippen molar-refractivity contribution in [2.45, 2.75) is 47.0 Å². The second-order valence-electron chi connectivity index (χ2n) is 10.4. The fourth-order valence-electron chi connectivity index (χ4n) is 5.15. The van der Waals surface area contributed by atoms with Gasteiger partial charge in [0.15, 0.2) is 11.5 Å². The van der Waals surface area contributed by atoms with Gasteiger partial charge in [-0.2, -0.15) is 0 Å². The van der Waals surface area contributed by atoms with Crippen molar-refractivity contribution in [1.29, 1.82) is 0 Å². The summed E-state index contributed by atoms with van der Waals surface area (Å²) in [6, 6.07) is 15.1. The predicted molar refractivity (Wildman–Crippen MR) is 137 cm³/mol. The van der Waals surface area contributed by atoms with Gasteiger partial charge in [0.1, 0.15) is 24.7 Å². The molecule has 5 aromatic rings. The fraction of sp³-hybridized carbons (Fsp3) is 0.310. The van der Waals surface area contributed by atoms with Crippen LogP contribution >= 0.6 is 0 Å². The molecule has 0 atom stereocenters. The van der Waals surface area contributed by atoms with E-state index in [0.29, 0.717) is 13.2 Å². The van der Waals surface area contributed by atoms with Crippen LogP contribution in [0.4, 0.5) is 0 Å². The number of benzene rings is 3. The maximum absolute atomic E-state index is 5.91. The smallest absolute Gasteiger partial charge is 0.163 e. The van der Waals surface area contributed by atoms with Crippen LogP contribution in [-0.4, -0.2) is 27.6 Å². The molecule has 0 spiro atoms. The first kappa shape index (κ1) is 21.0. The number of rotatable bonds is 1. The number of aryl methyl sites for hydroxylation is 3. The lowest BCUT2D eigenvalue weighted by Gasteiger charge is -2.20. The second-order valence-corrected chi connectivity index (χ2v) is 10.4. The molecule has 0 radical (unpaired) electrons. The molecule has 0 aliphatic carbocycles. The van der Waals surface area contributed by atoms with Crippen LogP contribution in [0.3, 0.4) is 0 Å². The van der Waals surface area contributed by atoms with Crippen LogP contribution in [-0.2, 0) is 5.41 Å². The Balaban J connectivity index is 1.79. The van der Waals surface area contributed by atoms with Crippen molar-refractivity contribution in [2.24, 2.45) is 0 Å². The van der Waals surface area contributed by atoms with E-state index in [0.717, 1.165) is 50.5 Å². The van der Waals surface area contributed by atoms with Crippen LogP contribution in [0.2, 0.25) is 0 Å². The second kappa shape index (κ2) is 7.20. The van der Waals surface area contributed by atoms with Gasteiger partial charge in [0.05, 0.1) is 16.6 Å². The monoisotopic (exact) mass is 451 g/mol. The summed E-state index contributed by atoms with van der Waals surface area (Å²) in [5.41, 5.74) is 9.81. The van der Waals surface area contributed by atoms with Gasteiger partial charge in [-0.25, -0.2) is 9.97 Å². The summed E-state index contributed by atoms with van der Waals surface area (Å²) < 4.78 is 13.9. The zero-order chi connectivity index (χ0) is 23.8. The SMILES string of the molecule is Cc1cc(C)c(-c2nc3cc(C(C)(C)C)ccc3c3nc4cc5c(cc4n23)OCCO5)c(C)c1. The van der Waals surface area contributed by atoms with Gasteiger partial charge in [-0.3, -0.25) is 4.40 Å². The molecule has 0 bridgehead atoms. The summed E-state index contributed by atoms with van der Waals surface area (Å²) in [6.07, 6.45) is 0. The highest BCUT2D eigenvalue weighted by molar-refractivity contribution is 5.99. The number of imidazole rings is 1. The molecular weight excluding hydrogens is 422 g/mol. The summed E-state index contributed by atoms with van der Waals surface area (Å²) in [4.78, 5) is 10.4. The van der Waals surface area contributed by atoms with Crippen molar-refractivity contribution in [1.82, 2.24) is 14.4 Å². The Labute approximate surface area is 199 Å². The van der Waals surface area contributed by atoms with Gasteiger partial charge < -0.3 is 9.47 Å². The number of hydrogen-bond acceptors (Lipinski definition) is 4. The van der Waals surface area contributed by atoms with Gasteiger partial charge >= 0.3 is 0 Å². The Morgan fingerprint density at radius 2 is 1.47 bits per heavy atom. The van der Waals surface area contributed by atoms with Crippen LogP contribution in [0.25, 0.3) is 39.0 Å². The molecule has 3 aromatic carbocycles. The zero-order valence-electron chi connectivity index (χ0n) is 20.6. The van der Waals surface area contributed by atoms with Gasteiger partial charge in [0.25, 0.3) is 0 Å². The molecular formula is C29H29N3O2. The highest BCUT2D eigenvalue weighted by Gasteiger charge is 2.23. The Kier molecular flexibility index (Phi) is 4.44. The molecule has 1 aliphatic rings.